The molecule has 2 saturated heterocycles. The van der Waals surface area contributed by atoms with Crippen LogP contribution in [0.1, 0.15) is 12.8 Å². The summed E-state index contributed by atoms with van der Waals surface area (Å²) in [6.07, 6.45) is 2.63. The molecule has 2 heterocycles. The van der Waals surface area contributed by atoms with Crippen LogP contribution in [-0.4, -0.2) is 64.8 Å². The summed E-state index contributed by atoms with van der Waals surface area (Å²) in [5.41, 5.74) is 0. The van der Waals surface area contributed by atoms with E-state index in [9.17, 15) is 0 Å². The van der Waals surface area contributed by atoms with Gasteiger partial charge in [-0.05, 0) is 12.8 Å². The van der Waals surface area contributed by atoms with E-state index in [4.69, 9.17) is 14.2 Å². The Hall–Kier alpha value is -0.200. The van der Waals surface area contributed by atoms with Crippen molar-refractivity contribution in [2.75, 3.05) is 52.6 Å². The van der Waals surface area contributed by atoms with Crippen molar-refractivity contribution in [1.82, 2.24) is 10.6 Å². The Labute approximate surface area is 103 Å². The van der Waals surface area contributed by atoms with Crippen molar-refractivity contribution in [2.45, 2.75) is 25.0 Å². The molecule has 2 unspecified atom stereocenters. The van der Waals surface area contributed by atoms with Crippen LogP contribution in [-0.2, 0) is 14.2 Å². The molecule has 0 aromatic heterocycles. The maximum absolute atomic E-state index is 5.62. The first-order chi connectivity index (χ1) is 8.45. The maximum Gasteiger partial charge on any atom is 0.0722 e. The van der Waals surface area contributed by atoms with Crippen LogP contribution in [0.3, 0.4) is 0 Å². The molecule has 0 aromatic carbocycles. The van der Waals surface area contributed by atoms with Gasteiger partial charge < -0.3 is 24.8 Å². The fourth-order valence-corrected chi connectivity index (χ4v) is 2.14. The zero-order valence-corrected chi connectivity index (χ0v) is 10.5. The predicted molar refractivity (Wildman–Crippen MR) is 65.3 cm³/mol. The molecule has 0 spiro atoms. The molecule has 2 rings (SSSR count). The van der Waals surface area contributed by atoms with E-state index in [2.05, 4.69) is 10.6 Å². The van der Waals surface area contributed by atoms with Crippen molar-refractivity contribution in [3.63, 3.8) is 0 Å². The van der Waals surface area contributed by atoms with Crippen LogP contribution in [0.25, 0.3) is 0 Å². The van der Waals surface area contributed by atoms with Crippen LogP contribution in [0, 0.1) is 0 Å². The quantitative estimate of drug-likeness (QED) is 0.632. The average molecular weight is 244 g/mol. The van der Waals surface area contributed by atoms with Crippen molar-refractivity contribution >= 4 is 0 Å². The van der Waals surface area contributed by atoms with Gasteiger partial charge in [-0.15, -0.1) is 0 Å². The molecular weight excluding hydrogens is 220 g/mol. The molecule has 2 atom stereocenters. The largest absolute Gasteiger partial charge is 0.381 e. The van der Waals surface area contributed by atoms with Crippen LogP contribution >= 0.6 is 0 Å². The number of hydrogen-bond donors (Lipinski definition) is 2. The summed E-state index contributed by atoms with van der Waals surface area (Å²) in [4.78, 5) is 0. The van der Waals surface area contributed by atoms with Gasteiger partial charge >= 0.3 is 0 Å². The monoisotopic (exact) mass is 244 g/mol. The highest BCUT2D eigenvalue weighted by molar-refractivity contribution is 4.68. The van der Waals surface area contributed by atoms with Gasteiger partial charge in [-0.2, -0.15) is 0 Å². The van der Waals surface area contributed by atoms with Gasteiger partial charge in [0.15, 0.2) is 0 Å². The van der Waals surface area contributed by atoms with Crippen LogP contribution in [0.4, 0.5) is 0 Å². The molecular formula is C12H24N2O3. The lowest BCUT2D eigenvalue weighted by Gasteiger charge is -2.24. The van der Waals surface area contributed by atoms with Crippen LogP contribution in [0.5, 0.6) is 0 Å². The highest BCUT2D eigenvalue weighted by Crippen LogP contribution is 2.04. The van der Waals surface area contributed by atoms with Crippen LogP contribution in [0.15, 0.2) is 0 Å². The van der Waals surface area contributed by atoms with Gasteiger partial charge in [0.1, 0.15) is 0 Å². The molecule has 100 valence electrons. The van der Waals surface area contributed by atoms with Gasteiger partial charge in [-0.1, -0.05) is 0 Å². The number of morpholine rings is 2. The standard InChI is InChI=1S/C12H24N2O3/c1(11-9-13-3-7-16-11)5-15-6-2-12-10-14-4-8-17-12/h11-14H,1-10H2. The van der Waals surface area contributed by atoms with E-state index in [-0.39, 0.29) is 0 Å². The number of rotatable bonds is 6. The van der Waals surface area contributed by atoms with E-state index >= 15 is 0 Å². The van der Waals surface area contributed by atoms with Crippen molar-refractivity contribution < 1.29 is 14.2 Å². The normalized spacial score (nSPS) is 30.4. The maximum atomic E-state index is 5.62. The first-order valence-corrected chi connectivity index (χ1v) is 6.67. The second-order valence-corrected chi connectivity index (χ2v) is 4.58. The van der Waals surface area contributed by atoms with Gasteiger partial charge in [0, 0.05) is 39.4 Å². The van der Waals surface area contributed by atoms with Gasteiger partial charge in [0.2, 0.25) is 0 Å². The molecule has 0 aliphatic carbocycles. The molecule has 2 N–H and O–H groups in total. The molecule has 0 amide bonds. The Balaban J connectivity index is 1.42. The molecule has 2 aliphatic rings. The van der Waals surface area contributed by atoms with Crippen molar-refractivity contribution in [3.05, 3.63) is 0 Å². The van der Waals surface area contributed by atoms with Gasteiger partial charge in [0.25, 0.3) is 0 Å². The zero-order valence-electron chi connectivity index (χ0n) is 10.5. The lowest BCUT2D eigenvalue weighted by atomic mass is 10.2. The third kappa shape index (κ3) is 5.31. The first-order valence-electron chi connectivity index (χ1n) is 6.67. The third-order valence-corrected chi connectivity index (χ3v) is 3.18. The van der Waals surface area contributed by atoms with Gasteiger partial charge in [-0.25, -0.2) is 0 Å². The Morgan fingerprint density at radius 2 is 1.41 bits per heavy atom. The molecule has 0 radical (unpaired) electrons. The summed E-state index contributed by atoms with van der Waals surface area (Å²) >= 11 is 0. The third-order valence-electron chi connectivity index (χ3n) is 3.18. The summed E-state index contributed by atoms with van der Waals surface area (Å²) in [7, 11) is 0. The van der Waals surface area contributed by atoms with E-state index < -0.39 is 0 Å². The Morgan fingerprint density at radius 3 is 1.82 bits per heavy atom. The highest BCUT2D eigenvalue weighted by atomic mass is 16.5. The number of ether oxygens (including phenoxy) is 3. The van der Waals surface area contributed by atoms with Crippen molar-refractivity contribution in [2.24, 2.45) is 0 Å². The van der Waals surface area contributed by atoms with E-state index in [1.54, 1.807) is 0 Å². The lowest BCUT2D eigenvalue weighted by Crippen LogP contribution is -2.39. The summed E-state index contributed by atoms with van der Waals surface area (Å²) in [5.74, 6) is 0. The minimum absolute atomic E-state index is 0.330. The minimum atomic E-state index is 0.330. The predicted octanol–water partition coefficient (Wildman–Crippen LogP) is -0.240. The summed E-state index contributed by atoms with van der Waals surface area (Å²) in [5, 5.41) is 6.64. The average Bonchev–Trinajstić information content (AvgIpc) is 2.41. The molecule has 17 heavy (non-hydrogen) atoms. The Kier molecular flexibility index (Phi) is 6.23. The van der Waals surface area contributed by atoms with E-state index in [1.807, 2.05) is 0 Å². The highest BCUT2D eigenvalue weighted by Gasteiger charge is 2.14. The second kappa shape index (κ2) is 8.00. The van der Waals surface area contributed by atoms with Crippen LogP contribution < -0.4 is 10.6 Å². The molecule has 0 aromatic rings. The summed E-state index contributed by atoms with van der Waals surface area (Å²) < 4.78 is 16.8. The van der Waals surface area contributed by atoms with E-state index in [0.717, 1.165) is 65.4 Å². The molecule has 5 heteroatoms. The minimum Gasteiger partial charge on any atom is -0.381 e. The van der Waals surface area contributed by atoms with E-state index in [1.165, 1.54) is 0 Å². The zero-order chi connectivity index (χ0) is 11.8. The molecule has 0 saturated carbocycles. The van der Waals surface area contributed by atoms with Crippen LogP contribution in [0.2, 0.25) is 0 Å². The van der Waals surface area contributed by atoms with Crippen molar-refractivity contribution in [3.8, 4) is 0 Å². The number of nitrogens with one attached hydrogen (secondary N) is 2. The molecule has 0 bridgehead atoms. The smallest absolute Gasteiger partial charge is 0.0722 e. The fraction of sp³-hybridized carbons (Fsp3) is 1.00. The summed E-state index contributed by atoms with van der Waals surface area (Å²) in [6.45, 7) is 7.09. The topological polar surface area (TPSA) is 51.8 Å². The fourth-order valence-electron chi connectivity index (χ4n) is 2.14. The van der Waals surface area contributed by atoms with Gasteiger partial charge in [-0.3, -0.25) is 0 Å². The lowest BCUT2D eigenvalue weighted by molar-refractivity contribution is -0.0143. The molecule has 2 aliphatic heterocycles. The second-order valence-electron chi connectivity index (χ2n) is 4.58. The first kappa shape index (κ1) is 13.2. The van der Waals surface area contributed by atoms with Gasteiger partial charge in [0.05, 0.1) is 25.4 Å². The Bertz CT molecular complexity index is 172. The Morgan fingerprint density at radius 1 is 0.882 bits per heavy atom. The van der Waals surface area contributed by atoms with E-state index in [0.29, 0.717) is 12.2 Å². The van der Waals surface area contributed by atoms with Crippen molar-refractivity contribution in [1.29, 1.82) is 0 Å². The molecule has 2 fully saturated rings. The SMILES string of the molecule is C1COC(CCOCCC2CNCCO2)CN1. The summed E-state index contributed by atoms with van der Waals surface area (Å²) in [6, 6.07) is 0. The number of hydrogen-bond acceptors (Lipinski definition) is 5. The molecule has 5 nitrogen and oxygen atoms in total.